The zero-order chi connectivity index (χ0) is 20.1. The van der Waals surface area contributed by atoms with E-state index in [0.29, 0.717) is 31.2 Å². The molecule has 1 aromatic carbocycles. The molecule has 0 aliphatic heterocycles. The third-order valence-corrected chi connectivity index (χ3v) is 4.85. The summed E-state index contributed by atoms with van der Waals surface area (Å²) < 4.78 is 13.2. The minimum Gasteiger partial charge on any atom is -0.507 e. The summed E-state index contributed by atoms with van der Waals surface area (Å²) >= 11 is 0. The van der Waals surface area contributed by atoms with E-state index in [1.165, 1.54) is 18.3 Å². The predicted molar refractivity (Wildman–Crippen MR) is 99.2 cm³/mol. The van der Waals surface area contributed by atoms with Gasteiger partial charge in [0.15, 0.2) is 0 Å². The van der Waals surface area contributed by atoms with Gasteiger partial charge in [0, 0.05) is 18.3 Å². The Morgan fingerprint density at radius 2 is 1.68 bits per heavy atom. The van der Waals surface area contributed by atoms with E-state index in [0.717, 1.165) is 12.3 Å². The van der Waals surface area contributed by atoms with E-state index in [1.807, 2.05) is 0 Å². The molecule has 0 radical (unpaired) electrons. The van der Waals surface area contributed by atoms with Gasteiger partial charge in [-0.3, -0.25) is 14.6 Å². The fourth-order valence-electron chi connectivity index (χ4n) is 3.31. The molecule has 1 saturated carbocycles. The zero-order valence-electron chi connectivity index (χ0n) is 15.2. The van der Waals surface area contributed by atoms with Gasteiger partial charge in [-0.25, -0.2) is 4.39 Å². The molecule has 1 aliphatic carbocycles. The quantitative estimate of drug-likeness (QED) is 0.626. The Kier molecular flexibility index (Phi) is 6.20. The molecule has 2 amide bonds. The number of rotatable bonds is 5. The SMILES string of the molecule is O=C(NC1CCC(NC(=O)c2cc(CO)ccc2O)CC1)c1cncc(F)c1. The van der Waals surface area contributed by atoms with Crippen LogP contribution < -0.4 is 10.6 Å². The van der Waals surface area contributed by atoms with Crippen molar-refractivity contribution in [1.29, 1.82) is 0 Å². The number of carbonyl (C=O) groups excluding carboxylic acids is 2. The second-order valence-corrected chi connectivity index (χ2v) is 6.90. The number of nitrogens with one attached hydrogen (secondary N) is 2. The van der Waals surface area contributed by atoms with E-state index < -0.39 is 11.7 Å². The second-order valence-electron chi connectivity index (χ2n) is 6.90. The molecule has 3 rings (SSSR count). The van der Waals surface area contributed by atoms with Crippen LogP contribution in [0.3, 0.4) is 0 Å². The fourth-order valence-corrected chi connectivity index (χ4v) is 3.31. The molecule has 0 atom stereocenters. The minimum atomic E-state index is -0.562. The van der Waals surface area contributed by atoms with Gasteiger partial charge in [0.2, 0.25) is 0 Å². The van der Waals surface area contributed by atoms with Gasteiger partial charge < -0.3 is 20.8 Å². The number of aliphatic hydroxyl groups excluding tert-OH is 1. The monoisotopic (exact) mass is 387 g/mol. The molecule has 28 heavy (non-hydrogen) atoms. The van der Waals surface area contributed by atoms with Gasteiger partial charge in [0.1, 0.15) is 11.6 Å². The van der Waals surface area contributed by atoms with Crippen molar-refractivity contribution in [2.75, 3.05) is 0 Å². The summed E-state index contributed by atoms with van der Waals surface area (Å²) in [6, 6.07) is 5.40. The summed E-state index contributed by atoms with van der Waals surface area (Å²) in [4.78, 5) is 28.3. The number of aromatic hydroxyl groups is 1. The largest absolute Gasteiger partial charge is 0.507 e. The number of amides is 2. The van der Waals surface area contributed by atoms with Crippen LogP contribution in [-0.4, -0.2) is 39.1 Å². The average molecular weight is 387 g/mol. The lowest BCUT2D eigenvalue weighted by molar-refractivity contribution is 0.0890. The van der Waals surface area contributed by atoms with Gasteiger partial charge in [0.25, 0.3) is 11.8 Å². The highest BCUT2D eigenvalue weighted by Gasteiger charge is 2.25. The maximum absolute atomic E-state index is 13.2. The molecule has 2 aromatic rings. The Morgan fingerprint density at radius 1 is 1.04 bits per heavy atom. The molecular weight excluding hydrogens is 365 g/mol. The third-order valence-electron chi connectivity index (χ3n) is 4.85. The summed E-state index contributed by atoms with van der Waals surface area (Å²) in [5, 5.41) is 24.8. The Balaban J connectivity index is 1.51. The van der Waals surface area contributed by atoms with Crippen LogP contribution in [0.2, 0.25) is 0 Å². The number of aliphatic hydroxyl groups is 1. The maximum atomic E-state index is 13.2. The smallest absolute Gasteiger partial charge is 0.255 e. The van der Waals surface area contributed by atoms with Crippen LogP contribution >= 0.6 is 0 Å². The average Bonchev–Trinajstić information content (AvgIpc) is 2.69. The molecule has 1 aliphatic rings. The minimum absolute atomic E-state index is 0.0601. The van der Waals surface area contributed by atoms with Gasteiger partial charge in [-0.1, -0.05) is 6.07 Å². The van der Waals surface area contributed by atoms with Gasteiger partial charge in [-0.15, -0.1) is 0 Å². The number of pyridine rings is 1. The molecule has 7 nitrogen and oxygen atoms in total. The van der Waals surface area contributed by atoms with Crippen molar-refractivity contribution in [3.8, 4) is 5.75 Å². The number of phenols is 1. The number of carbonyl (C=O) groups is 2. The van der Waals surface area contributed by atoms with Crippen molar-refractivity contribution in [2.24, 2.45) is 0 Å². The van der Waals surface area contributed by atoms with Gasteiger partial charge in [0.05, 0.1) is 23.9 Å². The zero-order valence-corrected chi connectivity index (χ0v) is 15.2. The van der Waals surface area contributed by atoms with Crippen LogP contribution in [0, 0.1) is 5.82 Å². The number of benzene rings is 1. The Bertz CT molecular complexity index is 866. The molecule has 4 N–H and O–H groups in total. The highest BCUT2D eigenvalue weighted by Crippen LogP contribution is 2.22. The summed E-state index contributed by atoms with van der Waals surface area (Å²) in [5.74, 6) is -1.47. The van der Waals surface area contributed by atoms with Gasteiger partial charge >= 0.3 is 0 Å². The molecule has 0 spiro atoms. The maximum Gasteiger partial charge on any atom is 0.255 e. The van der Waals surface area contributed by atoms with Crippen LogP contribution in [0.15, 0.2) is 36.7 Å². The highest BCUT2D eigenvalue weighted by molar-refractivity contribution is 5.97. The standard InChI is InChI=1S/C20H22FN3O4/c21-14-8-13(9-22-10-14)19(27)23-15-2-4-16(5-3-15)24-20(28)17-7-12(11-25)1-6-18(17)26/h1,6-10,15-16,25-26H,2-5,11H2,(H,23,27)(H,24,28). The van der Waals surface area contributed by atoms with Crippen molar-refractivity contribution in [3.05, 3.63) is 59.2 Å². The van der Waals surface area contributed by atoms with Crippen molar-refractivity contribution in [3.63, 3.8) is 0 Å². The fraction of sp³-hybridized carbons (Fsp3) is 0.350. The van der Waals surface area contributed by atoms with Gasteiger partial charge in [-0.2, -0.15) is 0 Å². The summed E-state index contributed by atoms with van der Waals surface area (Å²) in [5.41, 5.74) is 0.844. The molecular formula is C20H22FN3O4. The van der Waals surface area contributed by atoms with Crippen LogP contribution in [0.4, 0.5) is 4.39 Å². The molecule has 1 heterocycles. The van der Waals surface area contributed by atoms with E-state index >= 15 is 0 Å². The van der Waals surface area contributed by atoms with E-state index in [4.69, 9.17) is 0 Å². The molecule has 148 valence electrons. The van der Waals surface area contributed by atoms with E-state index in [-0.39, 0.29) is 41.5 Å². The Morgan fingerprint density at radius 3 is 2.29 bits per heavy atom. The summed E-state index contributed by atoms with van der Waals surface area (Å²) in [7, 11) is 0. The number of phenolic OH excluding ortho intramolecular Hbond substituents is 1. The first kappa shape index (κ1) is 19.8. The number of hydrogen-bond donors (Lipinski definition) is 4. The Hall–Kier alpha value is -3.00. The lowest BCUT2D eigenvalue weighted by Crippen LogP contribution is -2.43. The van der Waals surface area contributed by atoms with Crippen LogP contribution in [0.1, 0.15) is 52.0 Å². The lowest BCUT2D eigenvalue weighted by Gasteiger charge is -2.29. The third kappa shape index (κ3) is 4.83. The topological polar surface area (TPSA) is 112 Å². The Labute approximate surface area is 161 Å². The molecule has 0 bridgehead atoms. The first-order valence-corrected chi connectivity index (χ1v) is 9.11. The van der Waals surface area contributed by atoms with Crippen LogP contribution in [-0.2, 0) is 6.61 Å². The molecule has 0 unspecified atom stereocenters. The van der Waals surface area contributed by atoms with Crippen molar-refractivity contribution in [2.45, 2.75) is 44.4 Å². The van der Waals surface area contributed by atoms with E-state index in [1.54, 1.807) is 6.07 Å². The first-order chi connectivity index (χ1) is 13.5. The van der Waals surface area contributed by atoms with E-state index in [2.05, 4.69) is 15.6 Å². The van der Waals surface area contributed by atoms with Crippen LogP contribution in [0.25, 0.3) is 0 Å². The first-order valence-electron chi connectivity index (χ1n) is 9.11. The second kappa shape index (κ2) is 8.79. The lowest BCUT2D eigenvalue weighted by atomic mass is 9.90. The summed E-state index contributed by atoms with van der Waals surface area (Å²) in [6.07, 6.45) is 5.03. The summed E-state index contributed by atoms with van der Waals surface area (Å²) in [6.45, 7) is -0.216. The number of aromatic nitrogens is 1. The van der Waals surface area contributed by atoms with E-state index in [9.17, 15) is 24.2 Å². The number of nitrogens with zero attached hydrogens (tertiary/aromatic N) is 1. The van der Waals surface area contributed by atoms with Gasteiger partial charge in [-0.05, 0) is 49.4 Å². The molecule has 1 fully saturated rings. The number of hydrogen-bond acceptors (Lipinski definition) is 5. The van der Waals surface area contributed by atoms with Crippen molar-refractivity contribution in [1.82, 2.24) is 15.6 Å². The van der Waals surface area contributed by atoms with Crippen LogP contribution in [0.5, 0.6) is 5.75 Å². The van der Waals surface area contributed by atoms with Crippen molar-refractivity contribution >= 4 is 11.8 Å². The normalized spacial score (nSPS) is 19.1. The molecule has 8 heteroatoms. The molecule has 1 aromatic heterocycles. The molecule has 0 saturated heterocycles. The highest BCUT2D eigenvalue weighted by atomic mass is 19.1. The van der Waals surface area contributed by atoms with Crippen molar-refractivity contribution < 1.29 is 24.2 Å². The predicted octanol–water partition coefficient (Wildman–Crippen LogP) is 1.89. The number of halogens is 1.